The number of hydrogen-bond donors (Lipinski definition) is 1. The third-order valence-corrected chi connectivity index (χ3v) is 4.93. The summed E-state index contributed by atoms with van der Waals surface area (Å²) >= 11 is 11.9. The fourth-order valence-corrected chi connectivity index (χ4v) is 3.06. The standard InChI is InChI=1S/C18H13Cl2N3O2/c1-18(13-5-2-11(9-21)3-6-13)16(24)23(17(25)22-18)10-12-4-7-14(19)15(20)8-12/h2-8H,10H2,1H3,(H,22,25). The lowest BCUT2D eigenvalue weighted by Gasteiger charge is -2.22. The number of urea groups is 1. The molecule has 1 aliphatic rings. The molecule has 1 N–H and O–H groups in total. The normalized spacial score (nSPS) is 19.7. The maximum absolute atomic E-state index is 12.9. The number of nitrogens with one attached hydrogen (secondary N) is 1. The van der Waals surface area contributed by atoms with Gasteiger partial charge in [-0.2, -0.15) is 5.26 Å². The molecule has 126 valence electrons. The van der Waals surface area contributed by atoms with Crippen molar-refractivity contribution in [1.82, 2.24) is 10.2 Å². The fourth-order valence-electron chi connectivity index (χ4n) is 2.73. The summed E-state index contributed by atoms with van der Waals surface area (Å²) in [6, 6.07) is 13.1. The summed E-state index contributed by atoms with van der Waals surface area (Å²) in [5.41, 5.74) is 0.613. The number of imide groups is 1. The molecule has 1 saturated heterocycles. The first-order chi connectivity index (χ1) is 11.8. The largest absolute Gasteiger partial charge is 0.325 e. The van der Waals surface area contributed by atoms with E-state index in [2.05, 4.69) is 5.32 Å². The van der Waals surface area contributed by atoms with E-state index in [-0.39, 0.29) is 12.5 Å². The van der Waals surface area contributed by atoms with Crippen molar-refractivity contribution >= 4 is 35.1 Å². The van der Waals surface area contributed by atoms with Gasteiger partial charge in [-0.25, -0.2) is 4.79 Å². The Morgan fingerprint density at radius 1 is 1.12 bits per heavy atom. The molecule has 0 aliphatic carbocycles. The number of nitrogens with zero attached hydrogens (tertiary/aromatic N) is 2. The Labute approximate surface area is 154 Å². The minimum atomic E-state index is -1.18. The van der Waals surface area contributed by atoms with E-state index in [9.17, 15) is 9.59 Å². The monoisotopic (exact) mass is 373 g/mol. The lowest BCUT2D eigenvalue weighted by molar-refractivity contribution is -0.131. The molecule has 3 amide bonds. The van der Waals surface area contributed by atoms with E-state index in [0.717, 1.165) is 4.90 Å². The molecule has 0 bridgehead atoms. The Hall–Kier alpha value is -2.55. The molecule has 1 heterocycles. The minimum Gasteiger partial charge on any atom is -0.319 e. The second-order valence-corrected chi connectivity index (χ2v) is 6.70. The van der Waals surface area contributed by atoms with Crippen molar-refractivity contribution in [1.29, 1.82) is 5.26 Å². The number of rotatable bonds is 3. The van der Waals surface area contributed by atoms with E-state index in [1.54, 1.807) is 49.4 Å². The van der Waals surface area contributed by atoms with Crippen molar-refractivity contribution in [2.75, 3.05) is 0 Å². The van der Waals surface area contributed by atoms with Gasteiger partial charge in [0.2, 0.25) is 0 Å². The number of amides is 3. The molecule has 1 fully saturated rings. The second kappa shape index (κ2) is 6.40. The third-order valence-electron chi connectivity index (χ3n) is 4.19. The van der Waals surface area contributed by atoms with Gasteiger partial charge in [0.15, 0.2) is 0 Å². The Kier molecular flexibility index (Phi) is 4.42. The molecule has 2 aromatic rings. The van der Waals surface area contributed by atoms with E-state index in [1.807, 2.05) is 6.07 Å². The van der Waals surface area contributed by atoms with Crippen molar-refractivity contribution in [2.24, 2.45) is 0 Å². The first-order valence-electron chi connectivity index (χ1n) is 7.44. The van der Waals surface area contributed by atoms with Crippen molar-refractivity contribution in [3.63, 3.8) is 0 Å². The second-order valence-electron chi connectivity index (χ2n) is 5.88. The van der Waals surface area contributed by atoms with E-state index in [4.69, 9.17) is 28.5 Å². The average Bonchev–Trinajstić information content (AvgIpc) is 2.82. The number of halogens is 2. The van der Waals surface area contributed by atoms with Gasteiger partial charge in [0.25, 0.3) is 5.91 Å². The van der Waals surface area contributed by atoms with E-state index >= 15 is 0 Å². The molecular weight excluding hydrogens is 361 g/mol. The summed E-state index contributed by atoms with van der Waals surface area (Å²) in [4.78, 5) is 26.3. The fraction of sp³-hybridized carbons (Fsp3) is 0.167. The number of carbonyl (C=O) groups excluding carboxylic acids is 2. The smallest absolute Gasteiger partial charge is 0.319 e. The predicted molar refractivity (Wildman–Crippen MR) is 94.1 cm³/mol. The van der Waals surface area contributed by atoms with Gasteiger partial charge in [-0.3, -0.25) is 9.69 Å². The van der Waals surface area contributed by atoms with Crippen LogP contribution in [-0.4, -0.2) is 16.8 Å². The molecule has 7 heteroatoms. The molecule has 5 nitrogen and oxygen atoms in total. The van der Waals surface area contributed by atoms with Gasteiger partial charge >= 0.3 is 6.03 Å². The highest BCUT2D eigenvalue weighted by Gasteiger charge is 2.48. The maximum Gasteiger partial charge on any atom is 0.325 e. The summed E-state index contributed by atoms with van der Waals surface area (Å²) < 4.78 is 0. The van der Waals surface area contributed by atoms with Crippen LogP contribution >= 0.6 is 23.2 Å². The summed E-state index contributed by atoms with van der Waals surface area (Å²) in [5, 5.41) is 12.4. The lowest BCUT2D eigenvalue weighted by Crippen LogP contribution is -2.40. The van der Waals surface area contributed by atoms with Gasteiger partial charge in [0.1, 0.15) is 5.54 Å². The number of carbonyl (C=O) groups is 2. The summed E-state index contributed by atoms with van der Waals surface area (Å²) in [6.45, 7) is 1.73. The topological polar surface area (TPSA) is 73.2 Å². The molecule has 1 aliphatic heterocycles. The average molecular weight is 374 g/mol. The van der Waals surface area contributed by atoms with Crippen molar-refractivity contribution in [3.8, 4) is 6.07 Å². The van der Waals surface area contributed by atoms with Crippen molar-refractivity contribution < 1.29 is 9.59 Å². The molecule has 0 spiro atoms. The first-order valence-corrected chi connectivity index (χ1v) is 8.19. The van der Waals surface area contributed by atoms with Gasteiger partial charge < -0.3 is 5.32 Å². The van der Waals surface area contributed by atoms with Crippen molar-refractivity contribution in [2.45, 2.75) is 19.0 Å². The number of nitriles is 1. The maximum atomic E-state index is 12.9. The van der Waals surface area contributed by atoms with Crippen LogP contribution in [0.3, 0.4) is 0 Å². The molecule has 1 unspecified atom stereocenters. The molecule has 0 saturated carbocycles. The van der Waals surface area contributed by atoms with Crippen LogP contribution < -0.4 is 5.32 Å². The van der Waals surface area contributed by atoms with Crippen molar-refractivity contribution in [3.05, 3.63) is 69.2 Å². The zero-order valence-electron chi connectivity index (χ0n) is 13.2. The van der Waals surface area contributed by atoms with Crippen LogP contribution in [0.4, 0.5) is 4.79 Å². The van der Waals surface area contributed by atoms with Gasteiger partial charge in [-0.05, 0) is 42.3 Å². The van der Waals surface area contributed by atoms with Crippen LogP contribution in [-0.2, 0) is 16.9 Å². The molecule has 1 atom stereocenters. The van der Waals surface area contributed by atoms with E-state index in [0.29, 0.717) is 26.7 Å². The Balaban J connectivity index is 1.88. The highest BCUT2D eigenvalue weighted by molar-refractivity contribution is 6.42. The molecular formula is C18H13Cl2N3O2. The van der Waals surface area contributed by atoms with Crippen LogP contribution in [0.2, 0.25) is 10.0 Å². The highest BCUT2D eigenvalue weighted by Crippen LogP contribution is 2.31. The van der Waals surface area contributed by atoms with Crippen LogP contribution in [0.5, 0.6) is 0 Å². The molecule has 3 rings (SSSR count). The van der Waals surface area contributed by atoms with Crippen LogP contribution in [0.25, 0.3) is 0 Å². The summed E-state index contributed by atoms with van der Waals surface area (Å²) in [7, 11) is 0. The summed E-state index contributed by atoms with van der Waals surface area (Å²) in [5.74, 6) is -0.367. The third kappa shape index (κ3) is 3.07. The first kappa shape index (κ1) is 17.3. The van der Waals surface area contributed by atoms with Gasteiger partial charge in [0.05, 0.1) is 28.2 Å². The van der Waals surface area contributed by atoms with Gasteiger partial charge in [-0.15, -0.1) is 0 Å². The zero-order valence-corrected chi connectivity index (χ0v) is 14.7. The molecule has 2 aromatic carbocycles. The molecule has 0 aromatic heterocycles. The zero-order chi connectivity index (χ0) is 18.2. The molecule has 0 radical (unpaired) electrons. The number of benzene rings is 2. The van der Waals surface area contributed by atoms with E-state index in [1.165, 1.54) is 0 Å². The Bertz CT molecular complexity index is 906. The highest BCUT2D eigenvalue weighted by atomic mass is 35.5. The lowest BCUT2D eigenvalue weighted by atomic mass is 9.91. The van der Waals surface area contributed by atoms with Gasteiger partial charge in [0, 0.05) is 0 Å². The number of hydrogen-bond acceptors (Lipinski definition) is 3. The van der Waals surface area contributed by atoms with Gasteiger partial charge in [-0.1, -0.05) is 41.4 Å². The van der Waals surface area contributed by atoms with Crippen LogP contribution in [0.1, 0.15) is 23.6 Å². The van der Waals surface area contributed by atoms with Crippen LogP contribution in [0.15, 0.2) is 42.5 Å². The summed E-state index contributed by atoms with van der Waals surface area (Å²) in [6.07, 6.45) is 0. The SMILES string of the molecule is CC1(c2ccc(C#N)cc2)NC(=O)N(Cc2ccc(Cl)c(Cl)c2)C1=O. The Morgan fingerprint density at radius 3 is 2.40 bits per heavy atom. The van der Waals surface area contributed by atoms with Crippen LogP contribution in [0, 0.1) is 11.3 Å². The van der Waals surface area contributed by atoms with E-state index < -0.39 is 11.6 Å². The predicted octanol–water partition coefficient (Wildman–Crippen LogP) is 3.83. The quantitative estimate of drug-likeness (QED) is 0.830. The minimum absolute atomic E-state index is 0.0907. The molecule has 25 heavy (non-hydrogen) atoms. The Morgan fingerprint density at radius 2 is 1.80 bits per heavy atom.